The van der Waals surface area contributed by atoms with Gasteiger partial charge in [0.2, 0.25) is 0 Å². The van der Waals surface area contributed by atoms with E-state index in [1.165, 1.54) is 0 Å². The first-order valence-electron chi connectivity index (χ1n) is 6.04. The van der Waals surface area contributed by atoms with Crippen LogP contribution in [0.3, 0.4) is 0 Å². The van der Waals surface area contributed by atoms with Gasteiger partial charge in [-0.15, -0.1) is 11.6 Å². The lowest BCUT2D eigenvalue weighted by molar-refractivity contribution is 0.0644. The molecule has 1 aromatic carbocycles. The number of halogens is 2. The second kappa shape index (κ2) is 6.55. The molecule has 1 saturated heterocycles. The van der Waals surface area contributed by atoms with Gasteiger partial charge in [-0.25, -0.2) is 0 Å². The van der Waals surface area contributed by atoms with Gasteiger partial charge >= 0.3 is 0 Å². The zero-order valence-corrected chi connectivity index (χ0v) is 12.5. The van der Waals surface area contributed by atoms with Crippen LogP contribution in [0.25, 0.3) is 0 Å². The number of alkyl halides is 1. The molecule has 1 amide bonds. The molecule has 18 heavy (non-hydrogen) atoms. The van der Waals surface area contributed by atoms with Crippen LogP contribution >= 0.6 is 27.5 Å². The molecule has 0 saturated carbocycles. The molecule has 0 N–H and O–H groups in total. The van der Waals surface area contributed by atoms with Gasteiger partial charge in [0.15, 0.2) is 0 Å². The predicted octanol–water partition coefficient (Wildman–Crippen LogP) is 2.45. The van der Waals surface area contributed by atoms with E-state index in [-0.39, 0.29) is 5.91 Å². The Morgan fingerprint density at radius 2 is 1.78 bits per heavy atom. The molecule has 5 heteroatoms. The second-order valence-electron chi connectivity index (χ2n) is 4.33. The minimum absolute atomic E-state index is 0.119. The van der Waals surface area contributed by atoms with E-state index in [0.29, 0.717) is 5.88 Å². The molecule has 1 aromatic rings. The Hall–Kier alpha value is -0.580. The molecular weight excluding hydrogens is 316 g/mol. The highest BCUT2D eigenvalue weighted by molar-refractivity contribution is 9.10. The summed E-state index contributed by atoms with van der Waals surface area (Å²) in [6.45, 7) is 4.30. The number of nitrogens with zero attached hydrogens (tertiary/aromatic N) is 2. The van der Waals surface area contributed by atoms with Crippen molar-refractivity contribution in [3.63, 3.8) is 0 Å². The molecule has 0 aliphatic carbocycles. The molecule has 0 bridgehead atoms. The third-order valence-electron chi connectivity index (χ3n) is 3.15. The van der Waals surface area contributed by atoms with Crippen molar-refractivity contribution in [2.75, 3.05) is 38.6 Å². The fourth-order valence-corrected chi connectivity index (χ4v) is 2.57. The van der Waals surface area contributed by atoms with E-state index in [0.717, 1.165) is 42.8 Å². The van der Waals surface area contributed by atoms with Crippen LogP contribution in [0.15, 0.2) is 28.7 Å². The van der Waals surface area contributed by atoms with Crippen LogP contribution in [0.2, 0.25) is 0 Å². The fraction of sp³-hybridized carbons (Fsp3) is 0.462. The molecule has 0 unspecified atom stereocenters. The van der Waals surface area contributed by atoms with Crippen molar-refractivity contribution >= 4 is 33.4 Å². The zero-order chi connectivity index (χ0) is 13.0. The maximum atomic E-state index is 12.2. The zero-order valence-electron chi connectivity index (χ0n) is 10.1. The van der Waals surface area contributed by atoms with Gasteiger partial charge in [0.05, 0.1) is 0 Å². The Morgan fingerprint density at radius 1 is 1.17 bits per heavy atom. The van der Waals surface area contributed by atoms with Crippen LogP contribution in [-0.4, -0.2) is 54.3 Å². The van der Waals surface area contributed by atoms with Crippen molar-refractivity contribution in [3.8, 4) is 0 Å². The van der Waals surface area contributed by atoms with Gasteiger partial charge in [0.1, 0.15) is 0 Å². The molecule has 0 aromatic heterocycles. The summed E-state index contributed by atoms with van der Waals surface area (Å²) in [5, 5.41) is 0. The smallest absolute Gasteiger partial charge is 0.253 e. The second-order valence-corrected chi connectivity index (χ2v) is 5.62. The first-order chi connectivity index (χ1) is 8.70. The molecular formula is C13H16BrClN2O. The van der Waals surface area contributed by atoms with Crippen LogP contribution in [0.1, 0.15) is 10.4 Å². The highest BCUT2D eigenvalue weighted by Crippen LogP contribution is 2.13. The molecule has 0 spiro atoms. The molecule has 0 radical (unpaired) electrons. The Kier molecular flexibility index (Phi) is 5.03. The van der Waals surface area contributed by atoms with Crippen LogP contribution in [0, 0.1) is 0 Å². The molecule has 3 nitrogen and oxygen atoms in total. The molecule has 1 aliphatic rings. The lowest BCUT2D eigenvalue weighted by Gasteiger charge is -2.34. The average molecular weight is 332 g/mol. The van der Waals surface area contributed by atoms with Gasteiger partial charge in [0.25, 0.3) is 5.91 Å². The van der Waals surface area contributed by atoms with Crippen LogP contribution in [0.5, 0.6) is 0 Å². The van der Waals surface area contributed by atoms with Gasteiger partial charge in [-0.05, 0) is 24.3 Å². The summed E-state index contributed by atoms with van der Waals surface area (Å²) >= 11 is 9.09. The van der Waals surface area contributed by atoms with Crippen molar-refractivity contribution in [3.05, 3.63) is 34.3 Å². The summed E-state index contributed by atoms with van der Waals surface area (Å²) in [7, 11) is 0. The number of rotatable bonds is 3. The molecule has 1 fully saturated rings. The van der Waals surface area contributed by atoms with Crippen LogP contribution < -0.4 is 0 Å². The van der Waals surface area contributed by atoms with Crippen molar-refractivity contribution < 1.29 is 4.79 Å². The van der Waals surface area contributed by atoms with Crippen LogP contribution in [-0.2, 0) is 0 Å². The number of hydrogen-bond acceptors (Lipinski definition) is 2. The quantitative estimate of drug-likeness (QED) is 0.794. The van der Waals surface area contributed by atoms with Gasteiger partial charge in [-0.1, -0.05) is 15.9 Å². The summed E-state index contributed by atoms with van der Waals surface area (Å²) < 4.78 is 0.992. The number of amides is 1. The molecule has 2 rings (SSSR count). The van der Waals surface area contributed by atoms with E-state index in [2.05, 4.69) is 20.8 Å². The standard InChI is InChI=1S/C13H16BrClN2O/c14-12-3-1-11(2-4-12)13(18)17-9-7-16(6-5-15)8-10-17/h1-4H,5-10H2. The van der Waals surface area contributed by atoms with E-state index in [1.54, 1.807) is 0 Å². The van der Waals surface area contributed by atoms with Crippen molar-refractivity contribution in [1.29, 1.82) is 0 Å². The minimum atomic E-state index is 0.119. The lowest BCUT2D eigenvalue weighted by Crippen LogP contribution is -2.49. The first-order valence-corrected chi connectivity index (χ1v) is 7.36. The highest BCUT2D eigenvalue weighted by Gasteiger charge is 2.21. The SMILES string of the molecule is O=C(c1ccc(Br)cc1)N1CCN(CCCl)CC1. The number of carbonyl (C=O) groups is 1. The van der Waals surface area contributed by atoms with Gasteiger partial charge < -0.3 is 4.90 Å². The summed E-state index contributed by atoms with van der Waals surface area (Å²) in [5.41, 5.74) is 0.754. The summed E-state index contributed by atoms with van der Waals surface area (Å²) in [6, 6.07) is 7.52. The number of piperazine rings is 1. The lowest BCUT2D eigenvalue weighted by atomic mass is 10.2. The van der Waals surface area contributed by atoms with E-state index in [9.17, 15) is 4.79 Å². The Bertz CT molecular complexity index is 402. The Balaban J connectivity index is 1.93. The van der Waals surface area contributed by atoms with Crippen molar-refractivity contribution in [2.24, 2.45) is 0 Å². The average Bonchev–Trinajstić information content (AvgIpc) is 2.40. The number of carbonyl (C=O) groups excluding carboxylic acids is 1. The fourth-order valence-electron chi connectivity index (χ4n) is 2.07. The third-order valence-corrected chi connectivity index (χ3v) is 3.85. The van der Waals surface area contributed by atoms with Gasteiger partial charge in [-0.2, -0.15) is 0 Å². The molecule has 0 atom stereocenters. The van der Waals surface area contributed by atoms with E-state index >= 15 is 0 Å². The monoisotopic (exact) mass is 330 g/mol. The maximum Gasteiger partial charge on any atom is 0.253 e. The molecule has 1 heterocycles. The van der Waals surface area contributed by atoms with Gasteiger partial charge in [-0.3, -0.25) is 9.69 Å². The number of hydrogen-bond donors (Lipinski definition) is 0. The molecule has 1 aliphatic heterocycles. The minimum Gasteiger partial charge on any atom is -0.336 e. The summed E-state index contributed by atoms with van der Waals surface area (Å²) in [6.07, 6.45) is 0. The summed E-state index contributed by atoms with van der Waals surface area (Å²) in [5.74, 6) is 0.772. The summed E-state index contributed by atoms with van der Waals surface area (Å²) in [4.78, 5) is 16.4. The highest BCUT2D eigenvalue weighted by atomic mass is 79.9. The largest absolute Gasteiger partial charge is 0.336 e. The first kappa shape index (κ1) is 13.8. The van der Waals surface area contributed by atoms with Crippen molar-refractivity contribution in [1.82, 2.24) is 9.80 Å². The normalized spacial score (nSPS) is 16.9. The van der Waals surface area contributed by atoms with Gasteiger partial charge in [0, 0.05) is 48.6 Å². The Labute approximate surface area is 121 Å². The predicted molar refractivity (Wildman–Crippen MR) is 77.2 cm³/mol. The van der Waals surface area contributed by atoms with Crippen molar-refractivity contribution in [2.45, 2.75) is 0 Å². The van der Waals surface area contributed by atoms with E-state index in [1.807, 2.05) is 29.2 Å². The van der Waals surface area contributed by atoms with Crippen LogP contribution in [0.4, 0.5) is 0 Å². The Morgan fingerprint density at radius 3 is 2.33 bits per heavy atom. The number of benzene rings is 1. The maximum absolute atomic E-state index is 12.2. The van der Waals surface area contributed by atoms with E-state index < -0.39 is 0 Å². The topological polar surface area (TPSA) is 23.6 Å². The van der Waals surface area contributed by atoms with E-state index in [4.69, 9.17) is 11.6 Å². The molecule has 98 valence electrons. The third kappa shape index (κ3) is 3.46.